The van der Waals surface area contributed by atoms with Gasteiger partial charge in [0.1, 0.15) is 0 Å². The molecule has 0 atom stereocenters. The van der Waals surface area contributed by atoms with Crippen LogP contribution in [0.15, 0.2) is 0 Å². The predicted octanol–water partition coefficient (Wildman–Crippen LogP) is 7.81. The summed E-state index contributed by atoms with van der Waals surface area (Å²) in [6, 6.07) is 0. The van der Waals surface area contributed by atoms with Crippen molar-refractivity contribution in [3.8, 4) is 0 Å². The van der Waals surface area contributed by atoms with Crippen LogP contribution in [0.5, 0.6) is 0 Å². The summed E-state index contributed by atoms with van der Waals surface area (Å²) < 4.78 is 3.32. The molecule has 0 aliphatic carbocycles. The van der Waals surface area contributed by atoms with Crippen LogP contribution in [0.4, 0.5) is 0 Å². The first-order valence-electron chi connectivity index (χ1n) is 10.1. The minimum absolute atomic E-state index is 0.0528. The van der Waals surface area contributed by atoms with Gasteiger partial charge in [-0.3, -0.25) is 0 Å². The molecule has 0 fully saturated rings. The molecular weight excluding hydrogens is 359 g/mol. The third-order valence-corrected chi connectivity index (χ3v) is 8.45. The molecule has 0 saturated carbocycles. The van der Waals surface area contributed by atoms with Crippen molar-refractivity contribution in [3.63, 3.8) is 0 Å². The summed E-state index contributed by atoms with van der Waals surface area (Å²) in [5.41, 5.74) is 0. The molecule has 0 aromatic heterocycles. The molecule has 0 heterocycles. The van der Waals surface area contributed by atoms with Gasteiger partial charge in [0.15, 0.2) is 0 Å². The van der Waals surface area contributed by atoms with Crippen molar-refractivity contribution in [2.24, 2.45) is 0 Å². The van der Waals surface area contributed by atoms with Crippen LogP contribution in [0.3, 0.4) is 0 Å². The predicted molar refractivity (Wildman–Crippen MR) is 101 cm³/mol. The van der Waals surface area contributed by atoms with Gasteiger partial charge in [-0.1, -0.05) is 0 Å². The Balaban J connectivity index is 2.90. The Morgan fingerprint density at radius 2 is 0.667 bits per heavy atom. The fourth-order valence-electron chi connectivity index (χ4n) is 2.89. The topological polar surface area (TPSA) is 0 Å². The van der Waals surface area contributed by atoms with Crippen molar-refractivity contribution in [3.05, 3.63) is 0 Å². The minimum atomic E-state index is 0.0528. The second kappa shape index (κ2) is 20.8. The number of unbranched alkanes of at least 4 members (excludes halogenated alkanes) is 14. The first-order chi connectivity index (χ1) is 10.4. The fourth-order valence-corrected chi connectivity index (χ4v) is 6.46. The Labute approximate surface area is 146 Å². The van der Waals surface area contributed by atoms with Gasteiger partial charge in [-0.15, -0.1) is 0 Å². The van der Waals surface area contributed by atoms with E-state index in [9.17, 15) is 0 Å². The Kier molecular flexibility index (Phi) is 21.6. The third-order valence-electron chi connectivity index (χ3n) is 4.41. The second-order valence-corrected chi connectivity index (χ2v) is 11.0. The molecule has 0 radical (unpaired) electrons. The molecule has 0 nitrogen and oxygen atoms in total. The SMILES string of the molecule is CCCCCCCCC[CH2][Sn+2][CH2]CCCCCCCCC. The molecule has 0 amide bonds. The molecule has 1 heteroatoms. The van der Waals surface area contributed by atoms with Crippen LogP contribution < -0.4 is 0 Å². The summed E-state index contributed by atoms with van der Waals surface area (Å²) in [6.45, 7) is 4.61. The normalized spacial score (nSPS) is 10.8. The Bertz CT molecular complexity index is 149. The molecule has 0 saturated heterocycles. The zero-order chi connectivity index (χ0) is 15.4. The maximum absolute atomic E-state index is 2.30. The molecule has 0 bridgehead atoms. The van der Waals surface area contributed by atoms with E-state index in [0.717, 1.165) is 0 Å². The van der Waals surface area contributed by atoms with Gasteiger partial charge in [0.2, 0.25) is 0 Å². The zero-order valence-corrected chi connectivity index (χ0v) is 18.1. The monoisotopic (exact) mass is 402 g/mol. The average Bonchev–Trinajstić information content (AvgIpc) is 2.50. The van der Waals surface area contributed by atoms with Crippen LogP contribution in [0.2, 0.25) is 8.87 Å². The first-order valence-corrected chi connectivity index (χ1v) is 14.2. The van der Waals surface area contributed by atoms with Crippen molar-refractivity contribution in [2.45, 2.75) is 125 Å². The molecule has 0 spiro atoms. The third kappa shape index (κ3) is 20.8. The quantitative estimate of drug-likeness (QED) is 0.162. The second-order valence-electron chi connectivity index (χ2n) is 6.70. The van der Waals surface area contributed by atoms with Crippen LogP contribution in [-0.4, -0.2) is 21.1 Å². The van der Waals surface area contributed by atoms with E-state index in [1.54, 1.807) is 21.7 Å². The summed E-state index contributed by atoms with van der Waals surface area (Å²) in [5.74, 6) is 0. The first kappa shape index (κ1) is 21.8. The number of rotatable bonds is 18. The molecule has 21 heavy (non-hydrogen) atoms. The van der Waals surface area contributed by atoms with E-state index in [1.807, 2.05) is 0 Å². The van der Waals surface area contributed by atoms with E-state index < -0.39 is 0 Å². The van der Waals surface area contributed by atoms with Crippen molar-refractivity contribution < 1.29 is 0 Å². The van der Waals surface area contributed by atoms with Gasteiger partial charge >= 0.3 is 147 Å². The molecule has 0 N–H and O–H groups in total. The summed E-state index contributed by atoms with van der Waals surface area (Å²) >= 11 is 0.0528. The molecule has 0 aliphatic rings. The molecule has 124 valence electrons. The van der Waals surface area contributed by atoms with Crippen LogP contribution in [0.25, 0.3) is 0 Å². The Morgan fingerprint density at radius 1 is 0.381 bits per heavy atom. The number of hydrogen-bond donors (Lipinski definition) is 0. The van der Waals surface area contributed by atoms with E-state index in [4.69, 9.17) is 0 Å². The molecule has 0 aromatic rings. The summed E-state index contributed by atoms with van der Waals surface area (Å²) in [4.78, 5) is 0. The summed E-state index contributed by atoms with van der Waals surface area (Å²) in [7, 11) is 0. The van der Waals surface area contributed by atoms with Crippen LogP contribution in [-0.2, 0) is 0 Å². The van der Waals surface area contributed by atoms with Crippen molar-refractivity contribution in [1.82, 2.24) is 0 Å². The van der Waals surface area contributed by atoms with E-state index >= 15 is 0 Å². The summed E-state index contributed by atoms with van der Waals surface area (Å²) in [6.07, 6.45) is 23.8. The van der Waals surface area contributed by atoms with Crippen LogP contribution in [0.1, 0.15) is 117 Å². The maximum atomic E-state index is 2.30. The van der Waals surface area contributed by atoms with E-state index in [-0.39, 0.29) is 21.1 Å². The van der Waals surface area contributed by atoms with E-state index in [2.05, 4.69) is 13.8 Å². The standard InChI is InChI=1S/2C10H21.Sn/c2*1-3-5-7-9-10-8-6-4-2;/h2*1,3-10H2,2H3;/q;;+2. The Morgan fingerprint density at radius 3 is 1.00 bits per heavy atom. The van der Waals surface area contributed by atoms with Gasteiger partial charge in [-0.25, -0.2) is 0 Å². The Hall–Kier alpha value is 0.799. The van der Waals surface area contributed by atoms with Gasteiger partial charge in [0.05, 0.1) is 0 Å². The molecular formula is C20H42Sn+2. The van der Waals surface area contributed by atoms with Gasteiger partial charge in [0, 0.05) is 0 Å². The van der Waals surface area contributed by atoms with Crippen molar-refractivity contribution in [2.75, 3.05) is 0 Å². The van der Waals surface area contributed by atoms with E-state index in [0.29, 0.717) is 0 Å². The van der Waals surface area contributed by atoms with E-state index in [1.165, 1.54) is 89.9 Å². The summed E-state index contributed by atoms with van der Waals surface area (Å²) in [5, 5.41) is 0. The van der Waals surface area contributed by atoms with Gasteiger partial charge < -0.3 is 0 Å². The van der Waals surface area contributed by atoms with Crippen molar-refractivity contribution >= 4 is 21.1 Å². The fraction of sp³-hybridized carbons (Fsp3) is 1.00. The van der Waals surface area contributed by atoms with Gasteiger partial charge in [-0.2, -0.15) is 0 Å². The van der Waals surface area contributed by atoms with Crippen molar-refractivity contribution in [1.29, 1.82) is 0 Å². The van der Waals surface area contributed by atoms with Crippen LogP contribution in [0, 0.1) is 0 Å². The molecule has 0 aliphatic heterocycles. The zero-order valence-electron chi connectivity index (χ0n) is 15.2. The van der Waals surface area contributed by atoms with Gasteiger partial charge in [0.25, 0.3) is 0 Å². The molecule has 0 rings (SSSR count). The van der Waals surface area contributed by atoms with Gasteiger partial charge in [-0.05, 0) is 0 Å². The average molecular weight is 401 g/mol. The molecule has 0 aromatic carbocycles. The van der Waals surface area contributed by atoms with Crippen LogP contribution >= 0.6 is 0 Å². The molecule has 0 unspecified atom stereocenters. The number of hydrogen-bond acceptors (Lipinski definition) is 0.